The van der Waals surface area contributed by atoms with Crippen LogP contribution in [-0.2, 0) is 4.74 Å². The van der Waals surface area contributed by atoms with Crippen molar-refractivity contribution < 1.29 is 19.4 Å². The lowest BCUT2D eigenvalue weighted by Crippen LogP contribution is -2.47. The quantitative estimate of drug-likeness (QED) is 0.745. The lowest BCUT2D eigenvalue weighted by Gasteiger charge is -2.35. The molecule has 4 atom stereocenters. The number of nitrogens with zero attached hydrogens (tertiary/aromatic N) is 3. The number of amides is 1. The average molecular weight is 450 g/mol. The van der Waals surface area contributed by atoms with E-state index in [-0.39, 0.29) is 36.7 Å². The normalized spacial score (nSPS) is 24.5. The second kappa shape index (κ2) is 12.4. The van der Waals surface area contributed by atoms with Gasteiger partial charge in [-0.1, -0.05) is 6.92 Å². The summed E-state index contributed by atoms with van der Waals surface area (Å²) in [4.78, 5) is 19.7. The topological polar surface area (TPSA) is 65.5 Å². The molecule has 0 fully saturated rings. The maximum absolute atomic E-state index is 13.8. The molecular weight excluding hydrogens is 406 g/mol. The number of rotatable bonds is 5. The maximum atomic E-state index is 13.8. The molecule has 0 spiro atoms. The predicted molar refractivity (Wildman–Crippen MR) is 130 cm³/mol. The third-order valence-corrected chi connectivity index (χ3v) is 6.10. The van der Waals surface area contributed by atoms with E-state index in [1.807, 2.05) is 65.1 Å². The molecular formula is C25H43N3O4. The monoisotopic (exact) mass is 449 g/mol. The summed E-state index contributed by atoms with van der Waals surface area (Å²) < 4.78 is 12.5. The number of likely N-dealkylation sites (N-methyl/N-ethyl adjacent to an activating group) is 1. The van der Waals surface area contributed by atoms with Gasteiger partial charge in [-0.3, -0.25) is 4.79 Å². The molecule has 0 saturated heterocycles. The van der Waals surface area contributed by atoms with Gasteiger partial charge in [0, 0.05) is 45.4 Å². The van der Waals surface area contributed by atoms with Crippen LogP contribution in [0.15, 0.2) is 18.2 Å². The Morgan fingerprint density at radius 1 is 1.19 bits per heavy atom. The summed E-state index contributed by atoms with van der Waals surface area (Å²) in [5, 5.41) is 9.93. The van der Waals surface area contributed by atoms with Crippen molar-refractivity contribution >= 4 is 11.6 Å². The largest absolute Gasteiger partial charge is 0.490 e. The van der Waals surface area contributed by atoms with Gasteiger partial charge in [0.15, 0.2) is 0 Å². The number of hydrogen-bond donors (Lipinski definition) is 1. The molecule has 1 amide bonds. The third-order valence-electron chi connectivity index (χ3n) is 6.10. The van der Waals surface area contributed by atoms with Crippen molar-refractivity contribution in [3.05, 3.63) is 23.8 Å². The van der Waals surface area contributed by atoms with Gasteiger partial charge in [0.05, 0.1) is 30.4 Å². The Morgan fingerprint density at radius 2 is 1.91 bits per heavy atom. The SMILES string of the molecule is C[C@@H]1CCCCO[C@@H](CN(C)C)[C@@H](C)CN([C@H](C)CO)C(=O)c2cc(N(C)C)ccc2O1. The van der Waals surface area contributed by atoms with E-state index in [4.69, 9.17) is 9.47 Å². The van der Waals surface area contributed by atoms with Gasteiger partial charge < -0.3 is 29.3 Å². The van der Waals surface area contributed by atoms with Crippen LogP contribution in [0, 0.1) is 5.92 Å². The summed E-state index contributed by atoms with van der Waals surface area (Å²) >= 11 is 0. The standard InChI is InChI=1S/C25H43N3O4/c1-18-15-28(19(2)17-29)25(30)22-14-21(27(6)7)11-12-23(22)32-20(3)10-8-9-13-31-24(18)16-26(4)5/h11-12,14,18-20,24,29H,8-10,13,15-17H2,1-7H3/t18-,19+,20+,24-/m0/s1. The minimum absolute atomic E-state index is 0.00472. The Kier molecular flexibility index (Phi) is 10.3. The number of aliphatic hydroxyl groups is 1. The van der Waals surface area contributed by atoms with Crippen molar-refractivity contribution in [3.8, 4) is 5.75 Å². The van der Waals surface area contributed by atoms with Crippen LogP contribution in [0.5, 0.6) is 5.75 Å². The van der Waals surface area contributed by atoms with Crippen molar-refractivity contribution in [2.75, 3.05) is 59.4 Å². The number of carbonyl (C=O) groups excluding carboxylic acids is 1. The Bertz CT molecular complexity index is 725. The molecule has 7 nitrogen and oxygen atoms in total. The molecule has 0 bridgehead atoms. The Balaban J connectivity index is 2.48. The molecule has 2 rings (SSSR count). The van der Waals surface area contributed by atoms with E-state index >= 15 is 0 Å². The van der Waals surface area contributed by atoms with E-state index in [0.717, 1.165) is 31.5 Å². The summed E-state index contributed by atoms with van der Waals surface area (Å²) in [6.45, 7) is 7.94. The molecule has 1 aliphatic heterocycles. The first-order valence-electron chi connectivity index (χ1n) is 11.8. The zero-order valence-electron chi connectivity index (χ0n) is 21.0. The summed E-state index contributed by atoms with van der Waals surface area (Å²) in [6.07, 6.45) is 2.89. The number of anilines is 1. The van der Waals surface area contributed by atoms with Crippen LogP contribution in [0.4, 0.5) is 5.69 Å². The fraction of sp³-hybridized carbons (Fsp3) is 0.720. The minimum atomic E-state index is -0.314. The lowest BCUT2D eigenvalue weighted by atomic mass is 10.0. The zero-order valence-corrected chi connectivity index (χ0v) is 21.0. The van der Waals surface area contributed by atoms with Gasteiger partial charge in [0.2, 0.25) is 0 Å². The van der Waals surface area contributed by atoms with Gasteiger partial charge in [-0.05, 0) is 65.4 Å². The van der Waals surface area contributed by atoms with Gasteiger partial charge in [-0.15, -0.1) is 0 Å². The number of ether oxygens (including phenoxy) is 2. The van der Waals surface area contributed by atoms with Crippen LogP contribution in [0.1, 0.15) is 50.4 Å². The first-order valence-corrected chi connectivity index (χ1v) is 11.8. The van der Waals surface area contributed by atoms with E-state index in [9.17, 15) is 9.90 Å². The molecule has 0 aromatic heterocycles. The number of benzene rings is 1. The van der Waals surface area contributed by atoms with Crippen molar-refractivity contribution in [1.82, 2.24) is 9.80 Å². The molecule has 1 heterocycles. The zero-order chi connectivity index (χ0) is 23.8. The van der Waals surface area contributed by atoms with E-state index in [1.54, 1.807) is 4.90 Å². The van der Waals surface area contributed by atoms with Gasteiger partial charge in [-0.2, -0.15) is 0 Å². The predicted octanol–water partition coefficient (Wildman–Crippen LogP) is 3.11. The molecule has 0 saturated carbocycles. The summed E-state index contributed by atoms with van der Waals surface area (Å²) in [5.41, 5.74) is 1.48. The lowest BCUT2D eigenvalue weighted by molar-refractivity contribution is -0.0137. The van der Waals surface area contributed by atoms with Crippen LogP contribution in [0.3, 0.4) is 0 Å². The van der Waals surface area contributed by atoms with Gasteiger partial charge in [0.25, 0.3) is 5.91 Å². The van der Waals surface area contributed by atoms with Crippen molar-refractivity contribution in [2.24, 2.45) is 5.92 Å². The van der Waals surface area contributed by atoms with Crippen LogP contribution < -0.4 is 9.64 Å². The number of hydrogen-bond acceptors (Lipinski definition) is 6. The second-order valence-electron chi connectivity index (χ2n) is 9.64. The molecule has 7 heteroatoms. The van der Waals surface area contributed by atoms with Gasteiger partial charge in [-0.25, -0.2) is 0 Å². The van der Waals surface area contributed by atoms with E-state index in [0.29, 0.717) is 24.5 Å². The fourth-order valence-electron chi connectivity index (χ4n) is 4.01. The molecule has 0 radical (unpaired) electrons. The molecule has 0 aliphatic carbocycles. The Labute approximate surface area is 194 Å². The van der Waals surface area contributed by atoms with Gasteiger partial charge >= 0.3 is 0 Å². The molecule has 0 unspecified atom stereocenters. The van der Waals surface area contributed by atoms with Crippen LogP contribution in [0.2, 0.25) is 0 Å². The Hall–Kier alpha value is -1.83. The third kappa shape index (κ3) is 7.36. The molecule has 1 aromatic rings. The highest BCUT2D eigenvalue weighted by molar-refractivity contribution is 5.98. The van der Waals surface area contributed by atoms with Crippen LogP contribution in [0.25, 0.3) is 0 Å². The summed E-state index contributed by atoms with van der Waals surface area (Å²) in [5.74, 6) is 0.595. The number of aliphatic hydroxyl groups excluding tert-OH is 1. The second-order valence-corrected chi connectivity index (χ2v) is 9.64. The average Bonchev–Trinajstić information content (AvgIpc) is 2.74. The molecule has 1 aromatic carbocycles. The Morgan fingerprint density at radius 3 is 2.53 bits per heavy atom. The van der Waals surface area contributed by atoms with Crippen molar-refractivity contribution in [3.63, 3.8) is 0 Å². The first kappa shape index (κ1) is 26.4. The molecule has 1 N–H and O–H groups in total. The maximum Gasteiger partial charge on any atom is 0.258 e. The summed E-state index contributed by atoms with van der Waals surface area (Å²) in [7, 11) is 7.99. The molecule has 182 valence electrons. The van der Waals surface area contributed by atoms with E-state index < -0.39 is 0 Å². The van der Waals surface area contributed by atoms with Gasteiger partial charge in [0.1, 0.15) is 5.75 Å². The van der Waals surface area contributed by atoms with Crippen molar-refractivity contribution in [1.29, 1.82) is 0 Å². The van der Waals surface area contributed by atoms with E-state index in [1.165, 1.54) is 0 Å². The smallest absolute Gasteiger partial charge is 0.258 e. The number of carbonyl (C=O) groups is 1. The highest BCUT2D eigenvalue weighted by Crippen LogP contribution is 2.29. The molecule has 1 aliphatic rings. The highest BCUT2D eigenvalue weighted by atomic mass is 16.5. The number of fused-ring (bicyclic) bond motifs is 1. The highest BCUT2D eigenvalue weighted by Gasteiger charge is 2.30. The van der Waals surface area contributed by atoms with E-state index in [2.05, 4.69) is 11.8 Å². The van der Waals surface area contributed by atoms with Crippen LogP contribution in [-0.4, -0.2) is 93.6 Å². The summed E-state index contributed by atoms with van der Waals surface area (Å²) in [6, 6.07) is 5.46. The minimum Gasteiger partial charge on any atom is -0.490 e. The molecule has 32 heavy (non-hydrogen) atoms. The van der Waals surface area contributed by atoms with Crippen molar-refractivity contribution in [2.45, 2.75) is 58.3 Å². The fourth-order valence-corrected chi connectivity index (χ4v) is 4.01. The first-order chi connectivity index (χ1) is 15.1. The van der Waals surface area contributed by atoms with Crippen LogP contribution >= 0.6 is 0 Å².